The molecule has 0 aliphatic heterocycles. The average Bonchev–Trinajstić information content (AvgIpc) is 2.66. The Balaban J connectivity index is 1.69. The Kier molecular flexibility index (Phi) is 4.99. The summed E-state index contributed by atoms with van der Waals surface area (Å²) >= 11 is 0. The van der Waals surface area contributed by atoms with Gasteiger partial charge in [0.1, 0.15) is 5.75 Å². The summed E-state index contributed by atoms with van der Waals surface area (Å²) in [7, 11) is 1.64. The highest BCUT2D eigenvalue weighted by Crippen LogP contribution is 2.22. The summed E-state index contributed by atoms with van der Waals surface area (Å²) in [6, 6.07) is 18.2. The van der Waals surface area contributed by atoms with E-state index in [1.54, 1.807) is 37.5 Å². The molecular weight excluding hydrogens is 328 g/mol. The smallest absolute Gasteiger partial charge is 0.248 e. The first-order valence-electron chi connectivity index (χ1n) is 8.02. The third kappa shape index (κ3) is 4.08. The van der Waals surface area contributed by atoms with Gasteiger partial charge in [-0.25, -0.2) is 0 Å². The largest absolute Gasteiger partial charge is 0.497 e. The van der Waals surface area contributed by atoms with Crippen LogP contribution in [-0.4, -0.2) is 18.9 Å². The number of rotatable bonds is 5. The van der Waals surface area contributed by atoms with Gasteiger partial charge in [-0.1, -0.05) is 18.2 Å². The van der Waals surface area contributed by atoms with Crippen LogP contribution in [0.2, 0.25) is 0 Å². The van der Waals surface area contributed by atoms with Crippen LogP contribution in [0.3, 0.4) is 0 Å². The number of anilines is 1. The molecule has 3 rings (SSSR count). The van der Waals surface area contributed by atoms with Crippen molar-refractivity contribution in [2.75, 3.05) is 12.4 Å². The van der Waals surface area contributed by atoms with Crippen LogP contribution in [-0.2, 0) is 4.79 Å². The molecular formula is C21H18N2O3. The Morgan fingerprint density at radius 2 is 1.65 bits per heavy atom. The molecule has 26 heavy (non-hydrogen) atoms. The van der Waals surface area contributed by atoms with Gasteiger partial charge in [0.05, 0.1) is 7.11 Å². The fourth-order valence-corrected chi connectivity index (χ4v) is 2.55. The lowest BCUT2D eigenvalue weighted by Gasteiger charge is -2.04. The highest BCUT2D eigenvalue weighted by Gasteiger charge is 2.02. The Morgan fingerprint density at radius 3 is 2.35 bits per heavy atom. The SMILES string of the molecule is COc1ccc2cc(/C=C/C(=O)Nc3ccc(C(N)=O)cc3)ccc2c1. The Labute approximate surface area is 151 Å². The normalized spacial score (nSPS) is 10.8. The molecule has 0 aliphatic rings. The Morgan fingerprint density at radius 1 is 0.962 bits per heavy atom. The van der Waals surface area contributed by atoms with Crippen LogP contribution in [0.1, 0.15) is 15.9 Å². The lowest BCUT2D eigenvalue weighted by Crippen LogP contribution is -2.11. The molecule has 3 aromatic carbocycles. The predicted octanol–water partition coefficient (Wildman–Crippen LogP) is 3.60. The van der Waals surface area contributed by atoms with Crippen LogP contribution in [0.5, 0.6) is 5.75 Å². The van der Waals surface area contributed by atoms with Crippen molar-refractivity contribution in [1.29, 1.82) is 0 Å². The molecule has 0 saturated heterocycles. The first-order valence-corrected chi connectivity index (χ1v) is 8.02. The van der Waals surface area contributed by atoms with E-state index >= 15 is 0 Å². The number of benzene rings is 3. The van der Waals surface area contributed by atoms with Crippen LogP contribution >= 0.6 is 0 Å². The van der Waals surface area contributed by atoms with Gasteiger partial charge in [0.25, 0.3) is 0 Å². The molecule has 0 saturated carbocycles. The number of hydrogen-bond donors (Lipinski definition) is 2. The van der Waals surface area contributed by atoms with Crippen LogP contribution < -0.4 is 15.8 Å². The molecule has 130 valence electrons. The molecule has 5 nitrogen and oxygen atoms in total. The minimum atomic E-state index is -0.503. The van der Waals surface area contributed by atoms with E-state index in [9.17, 15) is 9.59 Å². The maximum atomic E-state index is 12.0. The first kappa shape index (κ1) is 17.2. The standard InChI is InChI=1S/C21H18N2O3/c1-26-19-10-7-16-12-14(2-4-17(16)13-19)3-11-20(24)23-18-8-5-15(6-9-18)21(22)25/h2-13H,1H3,(H2,22,25)(H,23,24)/b11-3+. The summed E-state index contributed by atoms with van der Waals surface area (Å²) in [6.45, 7) is 0. The van der Waals surface area contributed by atoms with E-state index in [-0.39, 0.29) is 5.91 Å². The molecule has 0 aromatic heterocycles. The van der Waals surface area contributed by atoms with Crippen molar-refractivity contribution in [2.24, 2.45) is 5.73 Å². The van der Waals surface area contributed by atoms with Crippen LogP contribution in [0.25, 0.3) is 16.8 Å². The number of fused-ring (bicyclic) bond motifs is 1. The monoisotopic (exact) mass is 346 g/mol. The second-order valence-electron chi connectivity index (χ2n) is 5.74. The molecule has 2 amide bonds. The molecule has 5 heteroatoms. The van der Waals surface area contributed by atoms with Crippen LogP contribution in [0, 0.1) is 0 Å². The summed E-state index contributed by atoms with van der Waals surface area (Å²) in [5.74, 6) is 0.0471. The van der Waals surface area contributed by atoms with Gasteiger partial charge in [0, 0.05) is 17.3 Å². The third-order valence-corrected chi connectivity index (χ3v) is 3.94. The van der Waals surface area contributed by atoms with Gasteiger partial charge >= 0.3 is 0 Å². The van der Waals surface area contributed by atoms with E-state index in [4.69, 9.17) is 10.5 Å². The predicted molar refractivity (Wildman–Crippen MR) is 103 cm³/mol. The number of carbonyl (C=O) groups excluding carboxylic acids is 2. The van der Waals surface area contributed by atoms with E-state index in [1.165, 1.54) is 6.08 Å². The Hall–Kier alpha value is -3.60. The Bertz CT molecular complexity index is 992. The topological polar surface area (TPSA) is 81.4 Å². The van der Waals surface area contributed by atoms with Crippen molar-refractivity contribution in [3.63, 3.8) is 0 Å². The molecule has 0 unspecified atom stereocenters. The van der Waals surface area contributed by atoms with E-state index in [2.05, 4.69) is 5.32 Å². The van der Waals surface area contributed by atoms with Gasteiger partial charge in [-0.2, -0.15) is 0 Å². The third-order valence-electron chi connectivity index (χ3n) is 3.94. The minimum absolute atomic E-state index is 0.258. The second kappa shape index (κ2) is 7.53. The lowest BCUT2D eigenvalue weighted by atomic mass is 10.1. The van der Waals surface area contributed by atoms with E-state index in [0.717, 1.165) is 22.1 Å². The zero-order chi connectivity index (χ0) is 18.5. The van der Waals surface area contributed by atoms with Crippen molar-refractivity contribution < 1.29 is 14.3 Å². The fourth-order valence-electron chi connectivity index (χ4n) is 2.55. The van der Waals surface area contributed by atoms with E-state index in [0.29, 0.717) is 11.3 Å². The molecule has 0 atom stereocenters. The summed E-state index contributed by atoms with van der Waals surface area (Å²) in [5, 5.41) is 4.87. The van der Waals surface area contributed by atoms with Gasteiger partial charge < -0.3 is 15.8 Å². The van der Waals surface area contributed by atoms with Gasteiger partial charge in [-0.05, 0) is 64.9 Å². The van der Waals surface area contributed by atoms with Gasteiger partial charge in [-0.15, -0.1) is 0 Å². The lowest BCUT2D eigenvalue weighted by molar-refractivity contribution is -0.111. The van der Waals surface area contributed by atoms with Crippen molar-refractivity contribution >= 4 is 34.4 Å². The maximum Gasteiger partial charge on any atom is 0.248 e. The van der Waals surface area contributed by atoms with Gasteiger partial charge in [0.2, 0.25) is 11.8 Å². The number of hydrogen-bond acceptors (Lipinski definition) is 3. The number of ether oxygens (including phenoxy) is 1. The maximum absolute atomic E-state index is 12.0. The average molecular weight is 346 g/mol. The van der Waals surface area contributed by atoms with E-state index in [1.807, 2.05) is 36.4 Å². The summed E-state index contributed by atoms with van der Waals surface area (Å²) in [5.41, 5.74) is 7.09. The van der Waals surface area contributed by atoms with Crippen molar-refractivity contribution in [2.45, 2.75) is 0 Å². The second-order valence-corrected chi connectivity index (χ2v) is 5.74. The molecule has 0 aliphatic carbocycles. The molecule has 0 fully saturated rings. The number of amides is 2. The van der Waals surface area contributed by atoms with Crippen molar-refractivity contribution in [1.82, 2.24) is 0 Å². The number of carbonyl (C=O) groups is 2. The van der Waals surface area contributed by atoms with Crippen molar-refractivity contribution in [3.8, 4) is 5.75 Å². The quantitative estimate of drug-likeness (QED) is 0.693. The fraction of sp³-hybridized carbons (Fsp3) is 0.0476. The highest BCUT2D eigenvalue weighted by molar-refractivity contribution is 6.02. The number of nitrogens with two attached hydrogens (primary N) is 1. The first-order chi connectivity index (χ1) is 12.5. The summed E-state index contributed by atoms with van der Waals surface area (Å²) in [4.78, 5) is 23.1. The summed E-state index contributed by atoms with van der Waals surface area (Å²) in [6.07, 6.45) is 3.21. The minimum Gasteiger partial charge on any atom is -0.497 e. The number of methoxy groups -OCH3 is 1. The highest BCUT2D eigenvalue weighted by atomic mass is 16.5. The summed E-state index contributed by atoms with van der Waals surface area (Å²) < 4.78 is 5.22. The zero-order valence-electron chi connectivity index (χ0n) is 14.2. The molecule has 0 spiro atoms. The van der Waals surface area contributed by atoms with E-state index < -0.39 is 5.91 Å². The molecule has 3 N–H and O–H groups in total. The zero-order valence-corrected chi connectivity index (χ0v) is 14.2. The molecule has 0 heterocycles. The molecule has 0 bridgehead atoms. The van der Waals surface area contributed by atoms with Gasteiger partial charge in [-0.3, -0.25) is 9.59 Å². The molecule has 3 aromatic rings. The van der Waals surface area contributed by atoms with Crippen molar-refractivity contribution in [3.05, 3.63) is 77.9 Å². The molecule has 0 radical (unpaired) electrons. The van der Waals surface area contributed by atoms with Gasteiger partial charge in [0.15, 0.2) is 0 Å². The number of primary amides is 1. The van der Waals surface area contributed by atoms with Crippen LogP contribution in [0.4, 0.5) is 5.69 Å². The van der Waals surface area contributed by atoms with Crippen LogP contribution in [0.15, 0.2) is 66.7 Å². The number of nitrogens with one attached hydrogen (secondary N) is 1.